The summed E-state index contributed by atoms with van der Waals surface area (Å²) in [7, 11) is 5.29. The van der Waals surface area contributed by atoms with E-state index in [2.05, 4.69) is 15.0 Å². The third-order valence-electron chi connectivity index (χ3n) is 5.75. The summed E-state index contributed by atoms with van der Waals surface area (Å²) < 4.78 is 4.51. The van der Waals surface area contributed by atoms with Gasteiger partial charge in [-0.3, -0.25) is 19.6 Å². The molecule has 2 amide bonds. The largest absolute Gasteiger partial charge is 0.508 e. The van der Waals surface area contributed by atoms with Gasteiger partial charge in [-0.25, -0.2) is 10.3 Å². The zero-order chi connectivity index (χ0) is 32.6. The molecule has 0 saturated carbocycles. The van der Waals surface area contributed by atoms with Crippen LogP contribution >= 0.6 is 0 Å². The van der Waals surface area contributed by atoms with E-state index in [1.807, 2.05) is 19.0 Å². The zero-order valence-electron chi connectivity index (χ0n) is 25.0. The van der Waals surface area contributed by atoms with Crippen LogP contribution in [0.15, 0.2) is 48.5 Å². The number of phenols is 2. The second kappa shape index (κ2) is 27.3. The average Bonchev–Trinajstić information content (AvgIpc) is 2.98. The number of hydrogen-bond acceptors (Lipinski definition) is 11. The molecule has 14 nitrogen and oxygen atoms in total. The summed E-state index contributed by atoms with van der Waals surface area (Å²) in [6.07, 6.45) is 2.23. The van der Waals surface area contributed by atoms with Gasteiger partial charge in [-0.2, -0.15) is 0 Å². The first kappa shape index (κ1) is 45.2. The van der Waals surface area contributed by atoms with Crippen LogP contribution in [-0.4, -0.2) is 115 Å². The maximum atomic E-state index is 11.8. The minimum atomic E-state index is -0.986. The molecule has 45 heavy (non-hydrogen) atoms. The van der Waals surface area contributed by atoms with Gasteiger partial charge in [-0.1, -0.05) is 14.9 Å². The van der Waals surface area contributed by atoms with Crippen molar-refractivity contribution in [3.8, 4) is 11.5 Å². The maximum absolute atomic E-state index is 11.8. The second-order valence-electron chi connectivity index (χ2n) is 9.37. The fraction of sp³-hybridized carbons (Fsp3) is 0.484. The number of hydroxylamine groups is 1. The molecule has 0 heterocycles. The number of esters is 1. The number of nitrogens with two attached hydrogens (primary N) is 1. The quantitative estimate of drug-likeness (QED) is 0.0850. The molecule has 0 spiro atoms. The number of ether oxygens (including phenoxy) is 1. The standard InChI is InChI=1S/C14H21N3O4.C8H18N2O2.C7H6O3.2CH4/c1-17(9-2-3-13(19)16-21)10-8-15-14(20)11-4-6-12(18)7-5-11;1-10(7-5-9)6-3-4-8(11)12-2;8-6-3-1-5(2-4-6)7(9)10;;/h4-7,18,21H,2-3,8-10H2,1H3,(H,15,20)(H,16,19);3-7,9H2,1-2H3;1-4,8H,(H,9,10);2*1H4. The number of aromatic carboxylic acids is 1. The van der Waals surface area contributed by atoms with Gasteiger partial charge in [0.1, 0.15) is 11.5 Å². The number of methoxy groups -OCH3 is 1. The SMILES string of the molecule is C.C.CN(CCCC(=O)NO)CCNC(=O)c1ccc(O)cc1.COC(=O)CCCN(C)CCN.O=C(O)c1ccc(O)cc1. The summed E-state index contributed by atoms with van der Waals surface area (Å²) in [6.45, 7) is 4.28. The highest BCUT2D eigenvalue weighted by Crippen LogP contribution is 2.10. The highest BCUT2D eigenvalue weighted by molar-refractivity contribution is 5.94. The first-order valence-corrected chi connectivity index (χ1v) is 13.6. The minimum Gasteiger partial charge on any atom is -0.508 e. The number of carbonyl (C=O) groups excluding carboxylic acids is 3. The van der Waals surface area contributed by atoms with Crippen LogP contribution in [0.3, 0.4) is 0 Å². The molecule has 0 aliphatic carbocycles. The Balaban J connectivity index is -0.000000627. The van der Waals surface area contributed by atoms with Gasteiger partial charge in [0.2, 0.25) is 5.91 Å². The number of nitrogens with one attached hydrogen (secondary N) is 2. The molecule has 8 N–H and O–H groups in total. The summed E-state index contributed by atoms with van der Waals surface area (Å²) in [6, 6.07) is 11.4. The first-order chi connectivity index (χ1) is 20.4. The summed E-state index contributed by atoms with van der Waals surface area (Å²) in [5.74, 6) is -1.52. The Morgan fingerprint density at radius 1 is 0.778 bits per heavy atom. The summed E-state index contributed by atoms with van der Waals surface area (Å²) in [5, 5.41) is 37.4. The Morgan fingerprint density at radius 2 is 1.24 bits per heavy atom. The lowest BCUT2D eigenvalue weighted by Crippen LogP contribution is -2.33. The van der Waals surface area contributed by atoms with Gasteiger partial charge in [0, 0.05) is 44.6 Å². The van der Waals surface area contributed by atoms with Gasteiger partial charge in [0.05, 0.1) is 12.7 Å². The molecule has 0 atom stereocenters. The number of hydrogen-bond donors (Lipinski definition) is 7. The topological polar surface area (TPSA) is 215 Å². The molecule has 0 aliphatic heterocycles. The van der Waals surface area contributed by atoms with E-state index in [1.54, 1.807) is 17.6 Å². The molecule has 2 rings (SSSR count). The highest BCUT2D eigenvalue weighted by Gasteiger charge is 2.06. The summed E-state index contributed by atoms with van der Waals surface area (Å²) in [5.41, 5.74) is 7.61. The fourth-order valence-electron chi connectivity index (χ4n) is 3.28. The number of benzene rings is 2. The van der Waals surface area contributed by atoms with Crippen LogP contribution < -0.4 is 16.5 Å². The molecule has 0 saturated heterocycles. The van der Waals surface area contributed by atoms with Crippen molar-refractivity contribution >= 4 is 23.8 Å². The Hall–Kier alpha value is -4.24. The van der Waals surface area contributed by atoms with Crippen molar-refractivity contribution in [2.24, 2.45) is 5.73 Å². The van der Waals surface area contributed by atoms with E-state index >= 15 is 0 Å². The first-order valence-electron chi connectivity index (χ1n) is 13.6. The monoisotopic (exact) mass is 639 g/mol. The number of phenolic OH excluding ortho intramolecular Hbond substituents is 2. The van der Waals surface area contributed by atoms with Crippen molar-refractivity contribution in [3.63, 3.8) is 0 Å². The number of likely N-dealkylation sites (N-methyl/N-ethyl adjacent to an activating group) is 2. The van der Waals surface area contributed by atoms with E-state index in [-0.39, 0.29) is 50.2 Å². The smallest absolute Gasteiger partial charge is 0.335 e. The van der Waals surface area contributed by atoms with Gasteiger partial charge in [0.25, 0.3) is 5.91 Å². The number of rotatable bonds is 15. The van der Waals surface area contributed by atoms with Crippen LogP contribution in [0.5, 0.6) is 11.5 Å². The molecule has 2 aromatic carbocycles. The molecule has 0 aromatic heterocycles. The van der Waals surface area contributed by atoms with Crippen molar-refractivity contribution in [3.05, 3.63) is 59.7 Å². The van der Waals surface area contributed by atoms with E-state index in [4.69, 9.17) is 26.3 Å². The molecule has 0 bridgehead atoms. The van der Waals surface area contributed by atoms with Gasteiger partial charge < -0.3 is 40.9 Å². The number of aromatic hydroxyl groups is 2. The fourth-order valence-corrected chi connectivity index (χ4v) is 3.28. The number of nitrogens with zero attached hydrogens (tertiary/aromatic N) is 2. The van der Waals surface area contributed by atoms with Crippen LogP contribution in [-0.2, 0) is 14.3 Å². The molecule has 0 aliphatic rings. The van der Waals surface area contributed by atoms with Crippen LogP contribution in [0.4, 0.5) is 0 Å². The van der Waals surface area contributed by atoms with Crippen LogP contribution in [0.1, 0.15) is 61.3 Å². The molecule has 256 valence electrons. The average molecular weight is 640 g/mol. The normalized spacial score (nSPS) is 9.67. The Labute approximate surface area is 266 Å². The Kier molecular flexibility index (Phi) is 27.4. The van der Waals surface area contributed by atoms with Crippen LogP contribution in [0.25, 0.3) is 0 Å². The lowest BCUT2D eigenvalue weighted by Gasteiger charge is -2.16. The molecular formula is C31H53N5O9. The number of carbonyl (C=O) groups is 4. The molecule has 2 aromatic rings. The molecular weight excluding hydrogens is 586 g/mol. The number of carboxylic acid groups (broad SMARTS) is 1. The number of carboxylic acids is 1. The van der Waals surface area contributed by atoms with Gasteiger partial charge in [0.15, 0.2) is 0 Å². The molecule has 0 fully saturated rings. The van der Waals surface area contributed by atoms with Crippen molar-refractivity contribution in [1.29, 1.82) is 0 Å². The summed E-state index contributed by atoms with van der Waals surface area (Å²) in [4.78, 5) is 47.6. The van der Waals surface area contributed by atoms with Crippen molar-refractivity contribution in [2.75, 3.05) is 60.5 Å². The Bertz CT molecular complexity index is 1080. The third-order valence-corrected chi connectivity index (χ3v) is 5.75. The zero-order valence-corrected chi connectivity index (χ0v) is 25.0. The summed E-state index contributed by atoms with van der Waals surface area (Å²) >= 11 is 0. The third kappa shape index (κ3) is 23.8. The van der Waals surface area contributed by atoms with Crippen LogP contribution in [0.2, 0.25) is 0 Å². The van der Waals surface area contributed by atoms with E-state index in [0.717, 1.165) is 19.5 Å². The number of amides is 2. The van der Waals surface area contributed by atoms with E-state index in [1.165, 1.54) is 43.5 Å². The predicted molar refractivity (Wildman–Crippen MR) is 173 cm³/mol. The molecule has 14 heteroatoms. The minimum absolute atomic E-state index is 0. The van der Waals surface area contributed by atoms with Gasteiger partial charge in [-0.05, 0) is 88.6 Å². The highest BCUT2D eigenvalue weighted by atomic mass is 16.5. The van der Waals surface area contributed by atoms with Crippen molar-refractivity contribution in [2.45, 2.75) is 40.5 Å². The van der Waals surface area contributed by atoms with Gasteiger partial charge >= 0.3 is 11.9 Å². The van der Waals surface area contributed by atoms with Crippen molar-refractivity contribution in [1.82, 2.24) is 20.6 Å². The Morgan fingerprint density at radius 3 is 1.69 bits per heavy atom. The van der Waals surface area contributed by atoms with E-state index in [9.17, 15) is 19.2 Å². The lowest BCUT2D eigenvalue weighted by atomic mass is 10.2. The lowest BCUT2D eigenvalue weighted by molar-refractivity contribution is -0.140. The molecule has 0 radical (unpaired) electrons. The predicted octanol–water partition coefficient (Wildman–Crippen LogP) is 2.53. The molecule has 0 unspecified atom stereocenters. The van der Waals surface area contributed by atoms with Crippen molar-refractivity contribution < 1.29 is 44.4 Å². The van der Waals surface area contributed by atoms with Gasteiger partial charge in [-0.15, -0.1) is 0 Å². The van der Waals surface area contributed by atoms with E-state index < -0.39 is 11.9 Å². The van der Waals surface area contributed by atoms with Crippen LogP contribution in [0, 0.1) is 0 Å². The van der Waals surface area contributed by atoms with E-state index in [0.29, 0.717) is 44.6 Å². The second-order valence-corrected chi connectivity index (χ2v) is 9.37. The maximum Gasteiger partial charge on any atom is 0.335 e.